The second-order valence-corrected chi connectivity index (χ2v) is 5.83. The van der Waals surface area contributed by atoms with Crippen molar-refractivity contribution in [2.24, 2.45) is 0 Å². The van der Waals surface area contributed by atoms with Gasteiger partial charge in [0.25, 0.3) is 0 Å². The highest BCUT2D eigenvalue weighted by Gasteiger charge is 2.28. The van der Waals surface area contributed by atoms with Crippen LogP contribution in [0.2, 0.25) is 0 Å². The van der Waals surface area contributed by atoms with Crippen LogP contribution in [0.4, 0.5) is 0 Å². The van der Waals surface area contributed by atoms with Crippen LogP contribution < -0.4 is 10.1 Å². The average molecular weight is 285 g/mol. The lowest BCUT2D eigenvalue weighted by atomic mass is 10.1. The third-order valence-corrected chi connectivity index (χ3v) is 4.32. The van der Waals surface area contributed by atoms with E-state index in [1.54, 1.807) is 0 Å². The van der Waals surface area contributed by atoms with E-state index < -0.39 is 0 Å². The molecule has 2 heterocycles. The van der Waals surface area contributed by atoms with Crippen molar-refractivity contribution < 1.29 is 9.26 Å². The molecule has 1 N–H and O–H groups in total. The fraction of sp³-hybridized carbons (Fsp3) is 0.500. The fourth-order valence-electron chi connectivity index (χ4n) is 3.16. The molecule has 5 nitrogen and oxygen atoms in total. The van der Waals surface area contributed by atoms with E-state index in [0.29, 0.717) is 24.3 Å². The van der Waals surface area contributed by atoms with Gasteiger partial charge in [0.1, 0.15) is 5.75 Å². The van der Waals surface area contributed by atoms with Gasteiger partial charge >= 0.3 is 0 Å². The summed E-state index contributed by atoms with van der Waals surface area (Å²) in [4.78, 5) is 4.47. The van der Waals surface area contributed by atoms with Crippen LogP contribution in [-0.2, 0) is 13.0 Å². The molecule has 2 aliphatic rings. The minimum absolute atomic E-state index is 0.119. The van der Waals surface area contributed by atoms with E-state index >= 15 is 0 Å². The number of benzene rings is 1. The average Bonchev–Trinajstić information content (AvgIpc) is 3.24. The predicted molar refractivity (Wildman–Crippen MR) is 76.9 cm³/mol. The summed E-state index contributed by atoms with van der Waals surface area (Å²) in [5, 5.41) is 7.56. The quantitative estimate of drug-likeness (QED) is 0.936. The van der Waals surface area contributed by atoms with Gasteiger partial charge in [-0.2, -0.15) is 4.98 Å². The molecule has 1 atom stereocenters. The maximum Gasteiger partial charge on any atom is 0.240 e. The summed E-state index contributed by atoms with van der Waals surface area (Å²) in [5.41, 5.74) is 1.21. The summed E-state index contributed by atoms with van der Waals surface area (Å²) in [6.07, 6.45) is 5.84. The maximum absolute atomic E-state index is 5.88. The van der Waals surface area contributed by atoms with Crippen LogP contribution in [0.15, 0.2) is 28.8 Å². The Kier molecular flexibility index (Phi) is 3.35. The van der Waals surface area contributed by atoms with E-state index in [0.717, 1.165) is 12.2 Å². The van der Waals surface area contributed by atoms with Crippen molar-refractivity contribution >= 4 is 0 Å². The number of aromatic nitrogens is 2. The Balaban J connectivity index is 1.39. The molecule has 0 saturated heterocycles. The first-order valence-electron chi connectivity index (χ1n) is 7.69. The van der Waals surface area contributed by atoms with Crippen LogP contribution in [0.3, 0.4) is 0 Å². The minimum atomic E-state index is -0.119. The first kappa shape index (κ1) is 12.8. The number of nitrogens with one attached hydrogen (secondary N) is 1. The zero-order valence-electron chi connectivity index (χ0n) is 11.9. The summed E-state index contributed by atoms with van der Waals surface area (Å²) < 4.78 is 11.2. The summed E-state index contributed by atoms with van der Waals surface area (Å²) >= 11 is 0. The standard InChI is InChI=1S/C16H19N3O2/c1-4-8-13-11(5-1)9-14(20-13)16-18-15(21-19-16)10-17-12-6-2-3-7-12/h1,4-5,8,12,14,17H,2-3,6-7,9-10H2. The van der Waals surface area contributed by atoms with E-state index in [1.807, 2.05) is 18.2 Å². The zero-order valence-corrected chi connectivity index (χ0v) is 11.9. The van der Waals surface area contributed by atoms with Crippen molar-refractivity contribution in [1.29, 1.82) is 0 Å². The van der Waals surface area contributed by atoms with Crippen LogP contribution in [0.1, 0.15) is 49.1 Å². The van der Waals surface area contributed by atoms with E-state index in [-0.39, 0.29) is 6.10 Å². The number of ether oxygens (including phenoxy) is 1. The Morgan fingerprint density at radius 1 is 1.19 bits per heavy atom. The van der Waals surface area contributed by atoms with Gasteiger partial charge in [-0.1, -0.05) is 36.2 Å². The molecule has 1 fully saturated rings. The number of hydrogen-bond donors (Lipinski definition) is 1. The van der Waals surface area contributed by atoms with Gasteiger partial charge in [-0.25, -0.2) is 0 Å². The topological polar surface area (TPSA) is 60.2 Å². The number of fused-ring (bicyclic) bond motifs is 1. The number of nitrogens with zero attached hydrogens (tertiary/aromatic N) is 2. The molecule has 110 valence electrons. The van der Waals surface area contributed by atoms with Gasteiger partial charge in [-0.05, 0) is 24.5 Å². The molecule has 0 spiro atoms. The Hall–Kier alpha value is -1.88. The maximum atomic E-state index is 5.88. The molecule has 4 rings (SSSR count). The molecule has 0 amide bonds. The third kappa shape index (κ3) is 2.65. The van der Waals surface area contributed by atoms with E-state index in [9.17, 15) is 0 Å². The highest BCUT2D eigenvalue weighted by molar-refractivity contribution is 5.37. The largest absolute Gasteiger partial charge is 0.482 e. The van der Waals surface area contributed by atoms with E-state index in [1.165, 1.54) is 31.2 Å². The van der Waals surface area contributed by atoms with Gasteiger partial charge in [0, 0.05) is 12.5 Å². The van der Waals surface area contributed by atoms with Gasteiger partial charge in [-0.3, -0.25) is 0 Å². The summed E-state index contributed by atoms with van der Waals surface area (Å²) in [6, 6.07) is 8.68. The van der Waals surface area contributed by atoms with Crippen molar-refractivity contribution in [2.45, 2.75) is 50.8 Å². The van der Waals surface area contributed by atoms with Crippen molar-refractivity contribution in [2.75, 3.05) is 0 Å². The summed E-state index contributed by atoms with van der Waals surface area (Å²) in [6.45, 7) is 0.650. The molecule has 21 heavy (non-hydrogen) atoms. The van der Waals surface area contributed by atoms with Crippen LogP contribution in [0.5, 0.6) is 5.75 Å². The molecule has 1 aliphatic heterocycles. The molecule has 0 radical (unpaired) electrons. The molecule has 1 aromatic heterocycles. The first-order chi connectivity index (χ1) is 10.4. The summed E-state index contributed by atoms with van der Waals surface area (Å²) in [5.74, 6) is 2.23. The molecule has 1 aliphatic carbocycles. The predicted octanol–water partition coefficient (Wildman–Crippen LogP) is 2.78. The summed E-state index contributed by atoms with van der Waals surface area (Å²) in [7, 11) is 0. The SMILES string of the molecule is c1ccc2c(c1)CC(c1noc(CNC3CCCC3)n1)O2. The Morgan fingerprint density at radius 3 is 2.90 bits per heavy atom. The molecule has 1 saturated carbocycles. The van der Waals surface area contributed by atoms with Gasteiger partial charge in [0.2, 0.25) is 11.7 Å². The normalized spacial score (nSPS) is 21.4. The van der Waals surface area contributed by atoms with Gasteiger partial charge in [0.05, 0.1) is 6.54 Å². The molecule has 1 aromatic carbocycles. The second kappa shape index (κ2) is 5.48. The third-order valence-electron chi connectivity index (χ3n) is 4.32. The second-order valence-electron chi connectivity index (χ2n) is 5.83. The molecule has 5 heteroatoms. The lowest BCUT2D eigenvalue weighted by Gasteiger charge is -2.08. The molecular formula is C16H19N3O2. The van der Waals surface area contributed by atoms with Crippen molar-refractivity contribution in [3.8, 4) is 5.75 Å². The lowest BCUT2D eigenvalue weighted by molar-refractivity contribution is 0.221. The van der Waals surface area contributed by atoms with Gasteiger partial charge in [0.15, 0.2) is 6.10 Å². The first-order valence-corrected chi connectivity index (χ1v) is 7.69. The minimum Gasteiger partial charge on any atom is -0.482 e. The highest BCUT2D eigenvalue weighted by Crippen LogP contribution is 2.35. The Labute approximate surface area is 123 Å². The van der Waals surface area contributed by atoms with Crippen molar-refractivity contribution in [3.05, 3.63) is 41.5 Å². The fourth-order valence-corrected chi connectivity index (χ4v) is 3.16. The molecule has 2 aromatic rings. The van der Waals surface area contributed by atoms with Crippen molar-refractivity contribution in [1.82, 2.24) is 15.5 Å². The Morgan fingerprint density at radius 2 is 2.05 bits per heavy atom. The number of hydrogen-bond acceptors (Lipinski definition) is 5. The van der Waals surface area contributed by atoms with Crippen LogP contribution >= 0.6 is 0 Å². The van der Waals surface area contributed by atoms with Crippen LogP contribution in [-0.4, -0.2) is 16.2 Å². The van der Waals surface area contributed by atoms with E-state index in [2.05, 4.69) is 21.5 Å². The molecule has 1 unspecified atom stereocenters. The Bertz CT molecular complexity index is 594. The number of para-hydroxylation sites is 1. The zero-order chi connectivity index (χ0) is 14.1. The smallest absolute Gasteiger partial charge is 0.240 e. The van der Waals surface area contributed by atoms with Crippen LogP contribution in [0.25, 0.3) is 0 Å². The lowest BCUT2D eigenvalue weighted by Crippen LogP contribution is -2.25. The molecular weight excluding hydrogens is 266 g/mol. The van der Waals surface area contributed by atoms with Crippen molar-refractivity contribution in [3.63, 3.8) is 0 Å². The van der Waals surface area contributed by atoms with E-state index in [4.69, 9.17) is 9.26 Å². The highest BCUT2D eigenvalue weighted by atomic mass is 16.5. The van der Waals surface area contributed by atoms with Gasteiger partial charge < -0.3 is 14.6 Å². The van der Waals surface area contributed by atoms with Crippen LogP contribution in [0, 0.1) is 0 Å². The monoisotopic (exact) mass is 285 g/mol. The molecule has 0 bridgehead atoms. The van der Waals surface area contributed by atoms with Gasteiger partial charge in [-0.15, -0.1) is 0 Å². The number of rotatable bonds is 4.